The summed E-state index contributed by atoms with van der Waals surface area (Å²) in [6.45, 7) is 0. The lowest BCUT2D eigenvalue weighted by Crippen LogP contribution is -1.82. The number of benzene rings is 4. The Kier molecular flexibility index (Phi) is 5.17. The van der Waals surface area contributed by atoms with Crippen LogP contribution in [0, 0.1) is 11.3 Å². The van der Waals surface area contributed by atoms with Crippen molar-refractivity contribution >= 4 is 21.8 Å². The second-order valence-electron chi connectivity index (χ2n) is 6.58. The van der Waals surface area contributed by atoms with Gasteiger partial charge in [-0.05, 0) is 22.8 Å². The van der Waals surface area contributed by atoms with Gasteiger partial charge in [-0.3, -0.25) is 0 Å². The normalized spacial score (nSPS) is 10.2. The summed E-state index contributed by atoms with van der Waals surface area (Å²) in [5.74, 6) is 0. The van der Waals surface area contributed by atoms with Gasteiger partial charge < -0.3 is 4.98 Å². The van der Waals surface area contributed by atoms with Crippen LogP contribution in [-0.2, 0) is 6.42 Å². The van der Waals surface area contributed by atoms with E-state index in [0.29, 0.717) is 6.42 Å². The summed E-state index contributed by atoms with van der Waals surface area (Å²) in [5.41, 5.74) is 5.83. The summed E-state index contributed by atoms with van der Waals surface area (Å²) in [4.78, 5) is 3.38. The lowest BCUT2D eigenvalue weighted by atomic mass is 10.1. The van der Waals surface area contributed by atoms with Gasteiger partial charge in [0.25, 0.3) is 0 Å². The summed E-state index contributed by atoms with van der Waals surface area (Å²) in [6.07, 6.45) is 0.449. The van der Waals surface area contributed by atoms with Gasteiger partial charge in [-0.1, -0.05) is 97.1 Å². The highest BCUT2D eigenvalue weighted by Gasteiger charge is 2.06. The largest absolute Gasteiger partial charge is 0.354 e. The van der Waals surface area contributed by atoms with Gasteiger partial charge in [-0.25, -0.2) is 0 Å². The second kappa shape index (κ2) is 8.24. The summed E-state index contributed by atoms with van der Waals surface area (Å²) in [5, 5.41) is 11.2. The molecule has 1 N–H and O–H groups in total. The molecule has 0 fully saturated rings. The quantitative estimate of drug-likeness (QED) is 0.372. The van der Waals surface area contributed by atoms with Crippen LogP contribution in [0.15, 0.2) is 103 Å². The van der Waals surface area contributed by atoms with Crippen LogP contribution >= 0.6 is 0 Å². The van der Waals surface area contributed by atoms with Crippen LogP contribution in [0.2, 0.25) is 0 Å². The third kappa shape index (κ3) is 3.65. The predicted octanol–water partition coefficient (Wildman–Crippen LogP) is 6.74. The maximum atomic E-state index is 8.79. The summed E-state index contributed by atoms with van der Waals surface area (Å²) in [7, 11) is 0. The Morgan fingerprint density at radius 3 is 1.82 bits per heavy atom. The van der Waals surface area contributed by atoms with Gasteiger partial charge in [0.1, 0.15) is 0 Å². The minimum atomic E-state index is 0.449. The van der Waals surface area contributed by atoms with Crippen molar-refractivity contribution < 1.29 is 0 Å². The molecule has 0 saturated heterocycles. The van der Waals surface area contributed by atoms with Gasteiger partial charge in [0.2, 0.25) is 0 Å². The Bertz CT molecular complexity index is 1190. The van der Waals surface area contributed by atoms with Crippen LogP contribution in [0.3, 0.4) is 0 Å². The number of aromatic nitrogens is 1. The smallest absolute Gasteiger partial charge is 0.0670 e. The third-order valence-electron chi connectivity index (χ3n) is 4.78. The van der Waals surface area contributed by atoms with Crippen molar-refractivity contribution in [2.45, 2.75) is 6.42 Å². The maximum Gasteiger partial charge on any atom is 0.0670 e. The lowest BCUT2D eigenvalue weighted by Gasteiger charge is -1.98. The molecular weight excluding hydrogens is 340 g/mol. The second-order valence-corrected chi connectivity index (χ2v) is 6.58. The molecule has 0 bridgehead atoms. The Hall–Kier alpha value is -3.83. The molecule has 0 spiro atoms. The van der Waals surface area contributed by atoms with Crippen molar-refractivity contribution in [3.63, 3.8) is 0 Å². The van der Waals surface area contributed by atoms with E-state index < -0.39 is 0 Å². The molecule has 5 rings (SSSR count). The average molecular weight is 360 g/mol. The SMILES string of the molecule is N#CCc1cccc2c1[nH]c1ccccc12.c1ccc(-c2ccccc2)cc1. The van der Waals surface area contributed by atoms with E-state index in [2.05, 4.69) is 77.8 Å². The van der Waals surface area contributed by atoms with E-state index in [4.69, 9.17) is 5.26 Å². The summed E-state index contributed by atoms with van der Waals surface area (Å²) in [6, 6.07) is 37.3. The molecule has 4 aromatic carbocycles. The molecule has 1 heterocycles. The molecule has 0 aliphatic heterocycles. The highest BCUT2D eigenvalue weighted by atomic mass is 14.7. The first-order valence-corrected chi connectivity index (χ1v) is 9.32. The van der Waals surface area contributed by atoms with Gasteiger partial charge >= 0.3 is 0 Å². The Morgan fingerprint density at radius 1 is 0.607 bits per heavy atom. The average Bonchev–Trinajstić information content (AvgIpc) is 3.16. The van der Waals surface area contributed by atoms with Crippen molar-refractivity contribution in [1.82, 2.24) is 4.98 Å². The highest BCUT2D eigenvalue weighted by molar-refractivity contribution is 6.08. The number of para-hydroxylation sites is 2. The van der Waals surface area contributed by atoms with Crippen molar-refractivity contribution in [3.05, 3.63) is 109 Å². The topological polar surface area (TPSA) is 39.6 Å². The van der Waals surface area contributed by atoms with Crippen molar-refractivity contribution in [2.24, 2.45) is 0 Å². The number of nitrogens with zero attached hydrogens (tertiary/aromatic N) is 1. The summed E-state index contributed by atoms with van der Waals surface area (Å²) < 4.78 is 0. The fourth-order valence-electron chi connectivity index (χ4n) is 3.43. The molecule has 0 amide bonds. The van der Waals surface area contributed by atoms with E-state index in [0.717, 1.165) is 16.6 Å². The molecule has 0 atom stereocenters. The van der Waals surface area contributed by atoms with Gasteiger partial charge in [0, 0.05) is 16.3 Å². The monoisotopic (exact) mass is 360 g/mol. The highest BCUT2D eigenvalue weighted by Crippen LogP contribution is 2.27. The third-order valence-corrected chi connectivity index (χ3v) is 4.78. The number of H-pyrrole nitrogens is 1. The number of nitrogens with one attached hydrogen (secondary N) is 1. The Morgan fingerprint density at radius 2 is 1.18 bits per heavy atom. The van der Waals surface area contributed by atoms with Crippen LogP contribution < -0.4 is 0 Å². The maximum absolute atomic E-state index is 8.79. The fraction of sp³-hybridized carbons (Fsp3) is 0.0385. The van der Waals surface area contributed by atoms with Gasteiger partial charge in [-0.15, -0.1) is 0 Å². The standard InChI is InChI=1S/C14H10N2.C12H10/c15-9-8-10-4-3-6-12-11-5-1-2-7-13(11)16-14(10)12;1-3-7-11(8-4-1)12-9-5-2-6-10-12/h1-7,16H,8H2;1-10H. The van der Waals surface area contributed by atoms with E-state index in [1.165, 1.54) is 21.9 Å². The number of aromatic amines is 1. The fourth-order valence-corrected chi connectivity index (χ4v) is 3.43. The lowest BCUT2D eigenvalue weighted by molar-refractivity contribution is 1.27. The number of fused-ring (bicyclic) bond motifs is 3. The first kappa shape index (κ1) is 17.6. The molecule has 134 valence electrons. The number of hydrogen-bond acceptors (Lipinski definition) is 1. The molecule has 28 heavy (non-hydrogen) atoms. The van der Waals surface area contributed by atoms with Crippen LogP contribution in [0.5, 0.6) is 0 Å². The van der Waals surface area contributed by atoms with E-state index in [1.54, 1.807) is 0 Å². The van der Waals surface area contributed by atoms with Gasteiger partial charge in [-0.2, -0.15) is 5.26 Å². The molecular formula is C26H20N2. The molecule has 0 saturated carbocycles. The van der Waals surface area contributed by atoms with E-state index in [1.807, 2.05) is 36.4 Å². The summed E-state index contributed by atoms with van der Waals surface area (Å²) >= 11 is 0. The van der Waals surface area contributed by atoms with Crippen molar-refractivity contribution in [3.8, 4) is 17.2 Å². The molecule has 1 aromatic heterocycles. The molecule has 0 aliphatic rings. The molecule has 0 radical (unpaired) electrons. The van der Waals surface area contributed by atoms with Crippen molar-refractivity contribution in [1.29, 1.82) is 5.26 Å². The Balaban J connectivity index is 0.000000143. The van der Waals surface area contributed by atoms with Crippen molar-refractivity contribution in [2.75, 3.05) is 0 Å². The number of hydrogen-bond donors (Lipinski definition) is 1. The van der Waals surface area contributed by atoms with Gasteiger partial charge in [0.05, 0.1) is 18.0 Å². The Labute approximate surface area is 164 Å². The van der Waals surface area contributed by atoms with Crippen LogP contribution in [-0.4, -0.2) is 4.98 Å². The zero-order valence-electron chi connectivity index (χ0n) is 15.5. The van der Waals surface area contributed by atoms with Crippen LogP contribution in [0.1, 0.15) is 5.56 Å². The first-order valence-electron chi connectivity index (χ1n) is 9.32. The minimum Gasteiger partial charge on any atom is -0.354 e. The van der Waals surface area contributed by atoms with E-state index in [9.17, 15) is 0 Å². The van der Waals surface area contributed by atoms with Crippen LogP contribution in [0.25, 0.3) is 32.9 Å². The zero-order valence-corrected chi connectivity index (χ0v) is 15.5. The number of nitriles is 1. The number of rotatable bonds is 2. The van der Waals surface area contributed by atoms with E-state index >= 15 is 0 Å². The first-order chi connectivity index (χ1) is 13.9. The predicted molar refractivity (Wildman–Crippen MR) is 117 cm³/mol. The molecule has 2 nitrogen and oxygen atoms in total. The zero-order chi connectivity index (χ0) is 19.2. The molecule has 5 aromatic rings. The molecule has 0 unspecified atom stereocenters. The van der Waals surface area contributed by atoms with E-state index in [-0.39, 0.29) is 0 Å². The minimum absolute atomic E-state index is 0.449. The van der Waals surface area contributed by atoms with Crippen LogP contribution in [0.4, 0.5) is 0 Å². The van der Waals surface area contributed by atoms with Gasteiger partial charge in [0.15, 0.2) is 0 Å². The molecule has 2 heteroatoms. The molecule has 0 aliphatic carbocycles.